The SMILES string of the molecule is O=C(c1ccc(-c2cnco2)cc1)N1CCCC1c1ccccn1. The summed E-state index contributed by atoms with van der Waals surface area (Å²) < 4.78 is 5.28. The first-order chi connectivity index (χ1) is 11.8. The lowest BCUT2D eigenvalue weighted by Gasteiger charge is -2.24. The van der Waals surface area contributed by atoms with Crippen LogP contribution in [0.5, 0.6) is 0 Å². The number of amides is 1. The first-order valence-corrected chi connectivity index (χ1v) is 8.04. The maximum absolute atomic E-state index is 12.9. The van der Waals surface area contributed by atoms with Gasteiger partial charge in [-0.15, -0.1) is 0 Å². The van der Waals surface area contributed by atoms with Gasteiger partial charge in [-0.05, 0) is 37.1 Å². The van der Waals surface area contributed by atoms with Crippen molar-refractivity contribution in [1.29, 1.82) is 0 Å². The van der Waals surface area contributed by atoms with Crippen LogP contribution >= 0.6 is 0 Å². The molecule has 3 aromatic rings. The summed E-state index contributed by atoms with van der Waals surface area (Å²) in [7, 11) is 0. The molecule has 5 nitrogen and oxygen atoms in total. The lowest BCUT2D eigenvalue weighted by atomic mass is 10.1. The Bertz CT molecular complexity index is 814. The van der Waals surface area contributed by atoms with Gasteiger partial charge in [-0.1, -0.05) is 18.2 Å². The first kappa shape index (κ1) is 14.6. The molecule has 1 saturated heterocycles. The van der Waals surface area contributed by atoms with Crippen molar-refractivity contribution in [2.24, 2.45) is 0 Å². The van der Waals surface area contributed by atoms with Gasteiger partial charge in [-0.2, -0.15) is 0 Å². The molecule has 1 aliphatic rings. The first-order valence-electron chi connectivity index (χ1n) is 8.04. The molecule has 24 heavy (non-hydrogen) atoms. The van der Waals surface area contributed by atoms with Crippen LogP contribution in [0.2, 0.25) is 0 Å². The molecule has 0 spiro atoms. The number of aromatic nitrogens is 2. The van der Waals surface area contributed by atoms with E-state index in [9.17, 15) is 4.79 Å². The van der Waals surface area contributed by atoms with Crippen molar-refractivity contribution in [1.82, 2.24) is 14.9 Å². The largest absolute Gasteiger partial charge is 0.444 e. The van der Waals surface area contributed by atoms with Crippen LogP contribution in [0.4, 0.5) is 0 Å². The molecule has 0 bridgehead atoms. The fraction of sp³-hybridized carbons (Fsp3) is 0.211. The number of hydrogen-bond acceptors (Lipinski definition) is 4. The van der Waals surface area contributed by atoms with E-state index in [0.717, 1.165) is 30.6 Å². The van der Waals surface area contributed by atoms with Crippen molar-refractivity contribution in [2.45, 2.75) is 18.9 Å². The number of oxazole rings is 1. The number of carbonyl (C=O) groups excluding carboxylic acids is 1. The topological polar surface area (TPSA) is 59.2 Å². The van der Waals surface area contributed by atoms with Crippen LogP contribution in [0.15, 0.2) is 65.7 Å². The average Bonchev–Trinajstić information content (AvgIpc) is 3.34. The quantitative estimate of drug-likeness (QED) is 0.738. The Balaban J connectivity index is 1.56. The molecule has 1 fully saturated rings. The van der Waals surface area contributed by atoms with Crippen LogP contribution in [0, 0.1) is 0 Å². The highest BCUT2D eigenvalue weighted by atomic mass is 16.3. The number of rotatable bonds is 3. The molecule has 1 unspecified atom stereocenters. The van der Waals surface area contributed by atoms with E-state index < -0.39 is 0 Å². The summed E-state index contributed by atoms with van der Waals surface area (Å²) in [5.74, 6) is 0.744. The van der Waals surface area contributed by atoms with Crippen LogP contribution in [-0.2, 0) is 0 Å². The summed E-state index contributed by atoms with van der Waals surface area (Å²) >= 11 is 0. The molecule has 0 radical (unpaired) electrons. The summed E-state index contributed by atoms with van der Waals surface area (Å²) in [4.78, 5) is 23.1. The van der Waals surface area contributed by atoms with Gasteiger partial charge in [0, 0.05) is 23.9 Å². The summed E-state index contributed by atoms with van der Waals surface area (Å²) in [6, 6.07) is 13.4. The number of likely N-dealkylation sites (tertiary alicyclic amines) is 1. The lowest BCUT2D eigenvalue weighted by molar-refractivity contribution is 0.0733. The second kappa shape index (κ2) is 6.28. The van der Waals surface area contributed by atoms with E-state index in [1.165, 1.54) is 6.39 Å². The van der Waals surface area contributed by atoms with Gasteiger partial charge in [0.1, 0.15) is 0 Å². The highest BCUT2D eigenvalue weighted by Gasteiger charge is 2.31. The van der Waals surface area contributed by atoms with Gasteiger partial charge < -0.3 is 9.32 Å². The van der Waals surface area contributed by atoms with E-state index in [1.807, 2.05) is 47.4 Å². The fourth-order valence-electron chi connectivity index (χ4n) is 3.19. The highest BCUT2D eigenvalue weighted by molar-refractivity contribution is 5.95. The molecule has 2 aromatic heterocycles. The van der Waals surface area contributed by atoms with E-state index >= 15 is 0 Å². The Hall–Kier alpha value is -2.95. The third-order valence-corrected chi connectivity index (χ3v) is 4.39. The maximum Gasteiger partial charge on any atom is 0.254 e. The molecular weight excluding hydrogens is 302 g/mol. The summed E-state index contributed by atoms with van der Waals surface area (Å²) in [5, 5.41) is 0. The summed E-state index contributed by atoms with van der Waals surface area (Å²) in [6.45, 7) is 0.768. The molecule has 1 amide bonds. The van der Waals surface area contributed by atoms with Crippen LogP contribution in [0.3, 0.4) is 0 Å². The molecule has 0 aliphatic carbocycles. The van der Waals surface area contributed by atoms with Crippen molar-refractivity contribution >= 4 is 5.91 Å². The number of nitrogens with zero attached hydrogens (tertiary/aromatic N) is 3. The van der Waals surface area contributed by atoms with Gasteiger partial charge in [-0.25, -0.2) is 4.98 Å². The molecule has 1 atom stereocenters. The minimum absolute atomic E-state index is 0.0484. The minimum atomic E-state index is 0.0484. The van der Waals surface area contributed by atoms with Gasteiger partial charge in [0.15, 0.2) is 12.2 Å². The lowest BCUT2D eigenvalue weighted by Crippen LogP contribution is -2.30. The van der Waals surface area contributed by atoms with Crippen molar-refractivity contribution < 1.29 is 9.21 Å². The fourth-order valence-corrected chi connectivity index (χ4v) is 3.19. The third kappa shape index (κ3) is 2.69. The number of pyridine rings is 1. The van der Waals surface area contributed by atoms with E-state index in [2.05, 4.69) is 9.97 Å². The highest BCUT2D eigenvalue weighted by Crippen LogP contribution is 2.32. The Morgan fingerprint density at radius 1 is 1.17 bits per heavy atom. The van der Waals surface area contributed by atoms with Crippen LogP contribution in [-0.4, -0.2) is 27.3 Å². The van der Waals surface area contributed by atoms with E-state index in [4.69, 9.17) is 4.42 Å². The van der Waals surface area contributed by atoms with Crippen molar-refractivity contribution in [3.63, 3.8) is 0 Å². The second-order valence-corrected chi connectivity index (χ2v) is 5.85. The van der Waals surface area contributed by atoms with Crippen molar-refractivity contribution in [3.05, 3.63) is 72.5 Å². The molecular formula is C19H17N3O2. The predicted molar refractivity (Wildman–Crippen MR) is 89.2 cm³/mol. The van der Waals surface area contributed by atoms with Gasteiger partial charge in [-0.3, -0.25) is 9.78 Å². The van der Waals surface area contributed by atoms with Gasteiger partial charge in [0.05, 0.1) is 17.9 Å². The maximum atomic E-state index is 12.9. The van der Waals surface area contributed by atoms with Crippen LogP contribution < -0.4 is 0 Å². The molecule has 4 rings (SSSR count). The molecule has 5 heteroatoms. The Kier molecular flexibility index (Phi) is 3.83. The van der Waals surface area contributed by atoms with Crippen molar-refractivity contribution in [3.8, 4) is 11.3 Å². The molecule has 0 saturated carbocycles. The average molecular weight is 319 g/mol. The Morgan fingerprint density at radius 2 is 2.04 bits per heavy atom. The van der Waals surface area contributed by atoms with Crippen LogP contribution in [0.1, 0.15) is 34.9 Å². The monoisotopic (exact) mass is 319 g/mol. The van der Waals surface area contributed by atoms with Gasteiger partial charge >= 0.3 is 0 Å². The Morgan fingerprint density at radius 3 is 2.75 bits per heavy atom. The molecule has 120 valence electrons. The predicted octanol–water partition coefficient (Wildman–Crippen LogP) is 3.71. The zero-order valence-corrected chi connectivity index (χ0v) is 13.1. The minimum Gasteiger partial charge on any atom is -0.444 e. The number of hydrogen-bond donors (Lipinski definition) is 0. The summed E-state index contributed by atoms with van der Waals surface area (Å²) in [6.07, 6.45) is 6.80. The smallest absolute Gasteiger partial charge is 0.254 e. The van der Waals surface area contributed by atoms with Gasteiger partial charge in [0.2, 0.25) is 0 Å². The summed E-state index contributed by atoms with van der Waals surface area (Å²) in [5.41, 5.74) is 2.55. The molecule has 0 N–H and O–H groups in total. The zero-order valence-electron chi connectivity index (χ0n) is 13.1. The second-order valence-electron chi connectivity index (χ2n) is 5.85. The molecule has 1 aromatic carbocycles. The van der Waals surface area contributed by atoms with Crippen LogP contribution in [0.25, 0.3) is 11.3 Å². The van der Waals surface area contributed by atoms with Crippen molar-refractivity contribution in [2.75, 3.05) is 6.54 Å². The van der Waals surface area contributed by atoms with Gasteiger partial charge in [0.25, 0.3) is 5.91 Å². The number of carbonyl (C=O) groups is 1. The molecule has 3 heterocycles. The number of benzene rings is 1. The normalized spacial score (nSPS) is 17.2. The third-order valence-electron chi connectivity index (χ3n) is 4.39. The standard InChI is InChI=1S/C19H17N3O2/c23-19(15-8-6-14(7-9-15)18-12-20-13-24-18)22-11-3-5-17(22)16-4-1-2-10-21-16/h1-2,4,6-10,12-13,17H,3,5,11H2. The van der Waals surface area contributed by atoms with E-state index in [0.29, 0.717) is 11.3 Å². The zero-order chi connectivity index (χ0) is 16.4. The van der Waals surface area contributed by atoms with E-state index in [1.54, 1.807) is 12.4 Å². The van der Waals surface area contributed by atoms with E-state index in [-0.39, 0.29) is 11.9 Å². The molecule has 1 aliphatic heterocycles. The Labute approximate surface area is 140 Å².